The number of carbonyl (C=O) groups is 3. The Kier molecular flexibility index (Phi) is 10.7. The molecule has 2 saturated heterocycles. The first kappa shape index (κ1) is 35.1. The van der Waals surface area contributed by atoms with E-state index in [0.717, 1.165) is 10.5 Å². The maximum Gasteiger partial charge on any atom is 0.437 e. The predicted octanol–water partition coefficient (Wildman–Crippen LogP) is 6.24. The van der Waals surface area contributed by atoms with Gasteiger partial charge in [0.05, 0.1) is 12.2 Å². The van der Waals surface area contributed by atoms with E-state index in [1.54, 1.807) is 15.9 Å². The maximum absolute atomic E-state index is 14.0. The number of piperidine rings is 1. The Bertz CT molecular complexity index is 1730. The molecule has 0 spiro atoms. The molecule has 1 aromatic heterocycles. The monoisotopic (exact) mass is 683 g/mol. The summed E-state index contributed by atoms with van der Waals surface area (Å²) in [6.07, 6.45) is -2.28. The van der Waals surface area contributed by atoms with Crippen molar-refractivity contribution in [3.05, 3.63) is 89.3 Å². The fraction of sp³-hybridized carbons (Fsp3) is 0.382. The van der Waals surface area contributed by atoms with Crippen LogP contribution in [-0.4, -0.2) is 71.2 Å². The van der Waals surface area contributed by atoms with Crippen LogP contribution in [0.4, 0.5) is 34.1 Å². The number of benzene rings is 2. The van der Waals surface area contributed by atoms with Gasteiger partial charge in [-0.1, -0.05) is 56.3 Å². The van der Waals surface area contributed by atoms with Crippen LogP contribution in [0.5, 0.6) is 0 Å². The predicted molar refractivity (Wildman–Crippen MR) is 174 cm³/mol. The number of anilines is 2. The van der Waals surface area contributed by atoms with Gasteiger partial charge >= 0.3 is 12.2 Å². The molecule has 0 unspecified atom stereocenters. The first-order valence-corrected chi connectivity index (χ1v) is 15.9. The van der Waals surface area contributed by atoms with Crippen molar-refractivity contribution in [1.82, 2.24) is 20.1 Å². The van der Waals surface area contributed by atoms with Crippen LogP contribution in [0.15, 0.2) is 75.9 Å². The third-order valence-electron chi connectivity index (χ3n) is 8.25. The Balaban J connectivity index is 1.23. The van der Waals surface area contributed by atoms with Crippen molar-refractivity contribution in [3.63, 3.8) is 0 Å². The Hall–Kier alpha value is -5.21. The van der Waals surface area contributed by atoms with Gasteiger partial charge in [0.1, 0.15) is 11.7 Å². The minimum atomic E-state index is -4.93. The van der Waals surface area contributed by atoms with Crippen LogP contribution in [-0.2, 0) is 11.0 Å². The molecule has 3 aromatic rings. The highest BCUT2D eigenvalue weighted by Gasteiger charge is 2.42. The number of hydrogen-bond donors (Lipinski definition) is 2. The zero-order valence-electron chi connectivity index (χ0n) is 27.3. The summed E-state index contributed by atoms with van der Waals surface area (Å²) in [6, 6.07) is 14.4. The number of hydrogen-bond acceptors (Lipinski definition) is 7. The lowest BCUT2D eigenvalue weighted by molar-refractivity contribution is -0.141. The second kappa shape index (κ2) is 14.9. The highest BCUT2D eigenvalue weighted by atomic mass is 19.4. The molecule has 5 rings (SSSR count). The maximum atomic E-state index is 14.0. The first-order valence-electron chi connectivity index (χ1n) is 15.9. The van der Waals surface area contributed by atoms with Gasteiger partial charge in [0, 0.05) is 44.0 Å². The van der Waals surface area contributed by atoms with E-state index < -0.39 is 41.3 Å². The van der Waals surface area contributed by atoms with E-state index in [1.165, 1.54) is 31.3 Å². The molecule has 2 N–H and O–H groups in total. The number of halogens is 4. The number of imide groups is 1. The molecule has 11 nitrogen and oxygen atoms in total. The third-order valence-corrected chi connectivity index (χ3v) is 8.25. The highest BCUT2D eigenvalue weighted by Crippen LogP contribution is 2.36. The van der Waals surface area contributed by atoms with Gasteiger partial charge in [0.2, 0.25) is 11.7 Å². The van der Waals surface area contributed by atoms with E-state index in [-0.39, 0.29) is 48.9 Å². The summed E-state index contributed by atoms with van der Waals surface area (Å²) in [7, 11) is 0. The van der Waals surface area contributed by atoms with Gasteiger partial charge < -0.3 is 24.9 Å². The zero-order chi connectivity index (χ0) is 35.3. The molecule has 0 saturated carbocycles. The van der Waals surface area contributed by atoms with Crippen LogP contribution in [0.25, 0.3) is 0 Å². The number of alkyl halides is 3. The van der Waals surface area contributed by atoms with Gasteiger partial charge in [-0.3, -0.25) is 14.5 Å². The number of piperazine rings is 1. The standard InChI is InChI=1S/C34H37F4N7O4/c1-21(2)30(44-17-18-45(27(46)20-44)32(48)41-26-12-8-7-11-25(26)35)39-19-22(3)40-31(47)28-29(34(36,37)38)42-33(49-28)43-15-13-24(14-16-43)23-9-5-4-6-10-23/h4-12,19,21,24H,13-18,20H2,1-3H3,(H,40,47)(H,41,48)/b22-19+,39-30?. The Morgan fingerprint density at radius 3 is 2.33 bits per heavy atom. The van der Waals surface area contributed by atoms with Crippen LogP contribution in [0, 0.1) is 11.7 Å². The number of urea groups is 1. The SMILES string of the molecule is C/C(=C\N=C(C(C)C)N1CCN(C(=O)Nc2ccccc2F)C(=O)C1)NC(=O)c1oc(N2CCC(c3ccccc3)CC2)nc1C(F)(F)F. The van der Waals surface area contributed by atoms with Gasteiger partial charge in [-0.15, -0.1) is 0 Å². The van der Waals surface area contributed by atoms with Crippen LogP contribution >= 0.6 is 0 Å². The molecular formula is C34H37F4N7O4. The second-order valence-corrected chi connectivity index (χ2v) is 12.1. The van der Waals surface area contributed by atoms with Crippen LogP contribution in [0.1, 0.15) is 61.3 Å². The number of aliphatic imine (C=N–C) groups is 1. The minimum Gasteiger partial charge on any atom is -0.417 e. The van der Waals surface area contributed by atoms with Crippen LogP contribution in [0.3, 0.4) is 0 Å². The van der Waals surface area contributed by atoms with Gasteiger partial charge in [0.25, 0.3) is 11.9 Å². The van der Waals surface area contributed by atoms with E-state index in [4.69, 9.17) is 4.42 Å². The molecule has 3 heterocycles. The molecule has 15 heteroatoms. The van der Waals surface area contributed by atoms with Gasteiger partial charge in [-0.05, 0) is 43.4 Å². The minimum absolute atomic E-state index is 0.00225. The average Bonchev–Trinajstić information content (AvgIpc) is 3.53. The number of amides is 4. The van der Waals surface area contributed by atoms with Crippen molar-refractivity contribution in [3.8, 4) is 0 Å². The van der Waals surface area contributed by atoms with E-state index in [0.29, 0.717) is 31.8 Å². The summed E-state index contributed by atoms with van der Waals surface area (Å²) in [4.78, 5) is 51.0. The summed E-state index contributed by atoms with van der Waals surface area (Å²) in [5.74, 6) is -2.75. The molecule has 0 radical (unpaired) electrons. The van der Waals surface area contributed by atoms with E-state index in [1.807, 2.05) is 44.2 Å². The van der Waals surface area contributed by atoms with E-state index >= 15 is 0 Å². The number of amidine groups is 1. The lowest BCUT2D eigenvalue weighted by atomic mass is 9.90. The van der Waals surface area contributed by atoms with Gasteiger partial charge in [0.15, 0.2) is 5.69 Å². The molecule has 2 aliphatic heterocycles. The summed E-state index contributed by atoms with van der Waals surface area (Å²) < 4.78 is 61.3. The van der Waals surface area contributed by atoms with Crippen LogP contribution in [0.2, 0.25) is 0 Å². The number of para-hydroxylation sites is 1. The largest absolute Gasteiger partial charge is 0.437 e. The summed E-state index contributed by atoms with van der Waals surface area (Å²) in [5.41, 5.74) is -0.192. The molecule has 2 fully saturated rings. The Morgan fingerprint density at radius 1 is 1.02 bits per heavy atom. The number of rotatable bonds is 7. The highest BCUT2D eigenvalue weighted by molar-refractivity contribution is 6.03. The Labute approximate surface area is 280 Å². The first-order chi connectivity index (χ1) is 23.3. The zero-order valence-corrected chi connectivity index (χ0v) is 27.3. The van der Waals surface area contributed by atoms with E-state index in [2.05, 4.69) is 20.6 Å². The van der Waals surface area contributed by atoms with Crippen LogP contribution < -0.4 is 15.5 Å². The molecular weight excluding hydrogens is 646 g/mol. The number of carbonyl (C=O) groups excluding carboxylic acids is 3. The molecule has 49 heavy (non-hydrogen) atoms. The summed E-state index contributed by atoms with van der Waals surface area (Å²) in [6.45, 7) is 5.97. The number of aromatic nitrogens is 1. The molecule has 260 valence electrons. The van der Waals surface area contributed by atoms with Gasteiger partial charge in [-0.2, -0.15) is 18.2 Å². The fourth-order valence-corrected chi connectivity index (χ4v) is 5.78. The molecule has 0 atom stereocenters. The Morgan fingerprint density at radius 2 is 1.69 bits per heavy atom. The average molecular weight is 684 g/mol. The van der Waals surface area contributed by atoms with Crippen molar-refractivity contribution in [2.75, 3.05) is 42.9 Å². The third kappa shape index (κ3) is 8.45. The van der Waals surface area contributed by atoms with Crippen molar-refractivity contribution in [2.45, 2.75) is 45.7 Å². The molecule has 4 amide bonds. The van der Waals surface area contributed by atoms with Crippen molar-refractivity contribution in [1.29, 1.82) is 0 Å². The van der Waals surface area contributed by atoms with Gasteiger partial charge in [-0.25, -0.2) is 14.2 Å². The molecule has 0 aliphatic carbocycles. The van der Waals surface area contributed by atoms with Crippen molar-refractivity contribution in [2.24, 2.45) is 10.9 Å². The van der Waals surface area contributed by atoms with E-state index in [9.17, 15) is 31.9 Å². The number of nitrogens with one attached hydrogen (secondary N) is 2. The number of nitrogens with zero attached hydrogens (tertiary/aromatic N) is 5. The summed E-state index contributed by atoms with van der Waals surface area (Å²) in [5, 5.41) is 4.79. The second-order valence-electron chi connectivity index (χ2n) is 12.1. The van der Waals surface area contributed by atoms with Crippen molar-refractivity contribution < 1.29 is 36.4 Å². The summed E-state index contributed by atoms with van der Waals surface area (Å²) >= 11 is 0. The molecule has 2 aliphatic rings. The quantitative estimate of drug-likeness (QED) is 0.172. The fourth-order valence-electron chi connectivity index (χ4n) is 5.78. The number of oxazole rings is 1. The molecule has 0 bridgehead atoms. The topological polar surface area (TPSA) is 123 Å². The normalized spacial score (nSPS) is 16.7. The number of allylic oxidation sites excluding steroid dienone is 1. The smallest absolute Gasteiger partial charge is 0.417 e. The lowest BCUT2D eigenvalue weighted by Crippen LogP contribution is -2.55. The molecule has 2 aromatic carbocycles. The lowest BCUT2D eigenvalue weighted by Gasteiger charge is -2.36. The van der Waals surface area contributed by atoms with Crippen molar-refractivity contribution >= 4 is 35.4 Å².